The highest BCUT2D eigenvalue weighted by atomic mass is 19.4. The standard InChI is InChI=1S/C20H30N2O3.2C2HF3O2/c1-2-17(12-21-8-1)14-24-15-18-3-4-19-20(25-18)5-9-22(19)13-16-6-10-23-11-7-16;2*3-2(4,5)1(6)7/h1-2,8,12,16,18-20H,3-7,9-11,13-15H2;2*(H,6,7)/t18?,19-,20-;;/m0../s1. The van der Waals surface area contributed by atoms with E-state index in [0.29, 0.717) is 25.4 Å². The zero-order chi connectivity index (χ0) is 29.1. The molecule has 3 atom stereocenters. The normalized spacial score (nSPS) is 24.0. The van der Waals surface area contributed by atoms with Gasteiger partial charge in [0.05, 0.1) is 25.4 Å². The Bertz CT molecular complexity index is 858. The molecule has 4 heterocycles. The van der Waals surface area contributed by atoms with Crippen molar-refractivity contribution in [3.63, 3.8) is 0 Å². The number of hydrogen-bond acceptors (Lipinski definition) is 7. The highest BCUT2D eigenvalue weighted by Gasteiger charge is 2.41. The number of alkyl halides is 6. The Labute approximate surface area is 221 Å². The molecular weight excluding hydrogens is 542 g/mol. The molecule has 0 bridgehead atoms. The highest BCUT2D eigenvalue weighted by Crippen LogP contribution is 2.33. The quantitative estimate of drug-likeness (QED) is 0.488. The number of rotatable bonds is 6. The third kappa shape index (κ3) is 12.1. The van der Waals surface area contributed by atoms with Crippen molar-refractivity contribution >= 4 is 11.9 Å². The second-order valence-corrected chi connectivity index (χ2v) is 9.26. The van der Waals surface area contributed by atoms with Crippen LogP contribution in [0.15, 0.2) is 24.5 Å². The van der Waals surface area contributed by atoms with Gasteiger partial charge in [-0.3, -0.25) is 9.88 Å². The van der Waals surface area contributed by atoms with Gasteiger partial charge in [-0.2, -0.15) is 26.3 Å². The van der Waals surface area contributed by atoms with Crippen LogP contribution in [0.5, 0.6) is 0 Å². The summed E-state index contributed by atoms with van der Waals surface area (Å²) in [5.74, 6) is -4.70. The highest BCUT2D eigenvalue weighted by molar-refractivity contribution is 5.73. The molecule has 3 saturated heterocycles. The maximum atomic E-state index is 10.6. The number of carboxylic acids is 2. The fourth-order valence-corrected chi connectivity index (χ4v) is 4.49. The van der Waals surface area contributed by atoms with Crippen molar-refractivity contribution in [2.24, 2.45) is 5.92 Å². The van der Waals surface area contributed by atoms with E-state index in [1.165, 1.54) is 38.8 Å². The molecule has 0 radical (unpaired) electrons. The van der Waals surface area contributed by atoms with Gasteiger partial charge >= 0.3 is 24.3 Å². The average Bonchev–Trinajstić information content (AvgIpc) is 3.27. The third-order valence-corrected chi connectivity index (χ3v) is 6.36. The van der Waals surface area contributed by atoms with Crippen LogP contribution in [-0.2, 0) is 30.4 Å². The molecule has 0 spiro atoms. The Balaban J connectivity index is 0.000000317. The molecule has 3 fully saturated rings. The second kappa shape index (κ2) is 15.3. The van der Waals surface area contributed by atoms with Crippen LogP contribution in [0.25, 0.3) is 0 Å². The van der Waals surface area contributed by atoms with E-state index in [2.05, 4.69) is 16.0 Å². The summed E-state index contributed by atoms with van der Waals surface area (Å²) in [5, 5.41) is 14.2. The zero-order valence-corrected chi connectivity index (χ0v) is 21.0. The summed E-state index contributed by atoms with van der Waals surface area (Å²) in [5.41, 5.74) is 1.12. The van der Waals surface area contributed by atoms with Crippen molar-refractivity contribution in [2.45, 2.75) is 69.3 Å². The van der Waals surface area contributed by atoms with E-state index < -0.39 is 24.3 Å². The lowest BCUT2D eigenvalue weighted by atomic mass is 9.96. The number of carboxylic acid groups (broad SMARTS) is 2. The Morgan fingerprint density at radius 2 is 1.62 bits per heavy atom. The number of likely N-dealkylation sites (tertiary alicyclic amines) is 1. The van der Waals surface area contributed by atoms with Crippen LogP contribution in [0.3, 0.4) is 0 Å². The average molecular weight is 575 g/mol. The lowest BCUT2D eigenvalue weighted by molar-refractivity contribution is -0.193. The first-order valence-electron chi connectivity index (χ1n) is 12.3. The van der Waals surface area contributed by atoms with Crippen molar-refractivity contribution in [1.29, 1.82) is 0 Å². The van der Waals surface area contributed by atoms with E-state index in [0.717, 1.165) is 31.1 Å². The van der Waals surface area contributed by atoms with Gasteiger partial charge < -0.3 is 24.4 Å². The molecule has 3 aliphatic rings. The van der Waals surface area contributed by atoms with E-state index >= 15 is 0 Å². The fourth-order valence-electron chi connectivity index (χ4n) is 4.49. The second-order valence-electron chi connectivity index (χ2n) is 9.26. The minimum atomic E-state index is -5.08. The summed E-state index contributed by atoms with van der Waals surface area (Å²) in [6.45, 7) is 5.63. The van der Waals surface area contributed by atoms with E-state index in [1.54, 1.807) is 6.20 Å². The number of nitrogens with zero attached hydrogens (tertiary/aromatic N) is 2. The van der Waals surface area contributed by atoms with E-state index in [9.17, 15) is 26.3 Å². The van der Waals surface area contributed by atoms with Gasteiger partial charge in [-0.05, 0) is 49.7 Å². The first-order valence-corrected chi connectivity index (χ1v) is 12.3. The Kier molecular flexibility index (Phi) is 12.9. The van der Waals surface area contributed by atoms with Gasteiger partial charge in [0.25, 0.3) is 0 Å². The van der Waals surface area contributed by atoms with Crippen molar-refractivity contribution in [2.75, 3.05) is 32.9 Å². The molecule has 0 aromatic carbocycles. The molecule has 39 heavy (non-hydrogen) atoms. The molecule has 222 valence electrons. The van der Waals surface area contributed by atoms with Crippen molar-refractivity contribution in [3.05, 3.63) is 30.1 Å². The Morgan fingerprint density at radius 3 is 2.15 bits per heavy atom. The molecule has 0 aliphatic carbocycles. The van der Waals surface area contributed by atoms with Crippen LogP contribution in [0, 0.1) is 5.92 Å². The molecule has 0 saturated carbocycles. The van der Waals surface area contributed by atoms with E-state index in [4.69, 9.17) is 34.0 Å². The van der Waals surface area contributed by atoms with E-state index in [-0.39, 0.29) is 6.10 Å². The molecule has 3 aliphatic heterocycles. The minimum absolute atomic E-state index is 0.251. The monoisotopic (exact) mass is 574 g/mol. The summed E-state index contributed by atoms with van der Waals surface area (Å²) in [6, 6.07) is 4.62. The van der Waals surface area contributed by atoms with Crippen molar-refractivity contribution < 1.29 is 60.4 Å². The van der Waals surface area contributed by atoms with Gasteiger partial charge in [0.15, 0.2) is 0 Å². The smallest absolute Gasteiger partial charge is 0.475 e. The predicted octanol–water partition coefficient (Wildman–Crippen LogP) is 3.91. The molecule has 1 aromatic rings. The first-order chi connectivity index (χ1) is 18.3. The first kappa shape index (κ1) is 32.7. The minimum Gasteiger partial charge on any atom is -0.475 e. The number of pyridine rings is 1. The molecule has 15 heteroatoms. The van der Waals surface area contributed by atoms with Crippen LogP contribution < -0.4 is 0 Å². The lowest BCUT2D eigenvalue weighted by Crippen LogP contribution is -2.45. The number of halogens is 6. The molecule has 2 N–H and O–H groups in total. The topological polar surface area (TPSA) is 118 Å². The number of aliphatic carboxylic acids is 2. The van der Waals surface area contributed by atoms with Gasteiger partial charge in [-0.25, -0.2) is 9.59 Å². The maximum Gasteiger partial charge on any atom is 0.490 e. The summed E-state index contributed by atoms with van der Waals surface area (Å²) >= 11 is 0. The molecule has 4 rings (SSSR count). The summed E-state index contributed by atoms with van der Waals surface area (Å²) in [4.78, 5) is 24.6. The summed E-state index contributed by atoms with van der Waals surface area (Å²) < 4.78 is 81.2. The van der Waals surface area contributed by atoms with E-state index in [1.807, 2.05) is 12.3 Å². The van der Waals surface area contributed by atoms with Crippen LogP contribution in [-0.4, -0.2) is 95.5 Å². The van der Waals surface area contributed by atoms with Crippen molar-refractivity contribution in [1.82, 2.24) is 9.88 Å². The number of aromatic nitrogens is 1. The molecule has 1 unspecified atom stereocenters. The van der Waals surface area contributed by atoms with Gasteiger partial charge in [0, 0.05) is 44.7 Å². The Hall–Kier alpha value is -2.49. The predicted molar refractivity (Wildman–Crippen MR) is 123 cm³/mol. The van der Waals surface area contributed by atoms with Gasteiger partial charge in [0.1, 0.15) is 0 Å². The summed E-state index contributed by atoms with van der Waals surface area (Å²) in [7, 11) is 0. The van der Waals surface area contributed by atoms with Crippen LogP contribution in [0.4, 0.5) is 26.3 Å². The number of hydrogen-bond donors (Lipinski definition) is 2. The molecule has 0 amide bonds. The fraction of sp³-hybridized carbons (Fsp3) is 0.708. The van der Waals surface area contributed by atoms with Gasteiger partial charge in [-0.1, -0.05) is 6.07 Å². The summed E-state index contributed by atoms with van der Waals surface area (Å²) in [6.07, 6.45) is 0.115. The molecule has 1 aromatic heterocycles. The SMILES string of the molecule is O=C(O)C(F)(F)F.O=C(O)C(F)(F)F.c1cncc(COCC2CC[C@H]3[C@H](CCN3CC3CCOCC3)O2)c1. The number of carbonyl (C=O) groups is 2. The van der Waals surface area contributed by atoms with Crippen LogP contribution in [0.2, 0.25) is 0 Å². The Morgan fingerprint density at radius 1 is 1.00 bits per heavy atom. The maximum absolute atomic E-state index is 10.6. The largest absolute Gasteiger partial charge is 0.490 e. The number of fused-ring (bicyclic) bond motifs is 1. The molecular formula is C24H32F6N2O7. The van der Waals surface area contributed by atoms with Crippen LogP contribution in [0.1, 0.15) is 37.7 Å². The van der Waals surface area contributed by atoms with Gasteiger partial charge in [-0.15, -0.1) is 0 Å². The molecule has 9 nitrogen and oxygen atoms in total. The zero-order valence-electron chi connectivity index (χ0n) is 21.0. The lowest BCUT2D eigenvalue weighted by Gasteiger charge is -2.37. The number of ether oxygens (including phenoxy) is 3. The van der Waals surface area contributed by atoms with Crippen molar-refractivity contribution in [3.8, 4) is 0 Å². The third-order valence-electron chi connectivity index (χ3n) is 6.36. The van der Waals surface area contributed by atoms with Gasteiger partial charge in [0.2, 0.25) is 0 Å². The van der Waals surface area contributed by atoms with Crippen LogP contribution >= 0.6 is 0 Å².